The van der Waals surface area contributed by atoms with Gasteiger partial charge in [-0.05, 0) is 26.7 Å². The van der Waals surface area contributed by atoms with Crippen molar-refractivity contribution in [3.05, 3.63) is 71.1 Å². The van der Waals surface area contributed by atoms with Crippen molar-refractivity contribution in [2.24, 2.45) is 0 Å². The van der Waals surface area contributed by atoms with Crippen LogP contribution in [0.1, 0.15) is 60.2 Å². The average Bonchev–Trinajstić information content (AvgIpc) is 3.39. The number of nitrogens with zero attached hydrogens (tertiary/aromatic N) is 4. The van der Waals surface area contributed by atoms with E-state index in [9.17, 15) is 9.59 Å². The predicted molar refractivity (Wildman–Crippen MR) is 117 cm³/mol. The summed E-state index contributed by atoms with van der Waals surface area (Å²) >= 11 is 0. The summed E-state index contributed by atoms with van der Waals surface area (Å²) in [6, 6.07) is 9.16. The van der Waals surface area contributed by atoms with Crippen molar-refractivity contribution in [3.8, 4) is 0 Å². The van der Waals surface area contributed by atoms with Gasteiger partial charge in [-0.3, -0.25) is 9.59 Å². The molecule has 1 aliphatic rings. The molecule has 4 rings (SSSR count). The topological polar surface area (TPSA) is 90.5 Å². The van der Waals surface area contributed by atoms with E-state index in [4.69, 9.17) is 9.26 Å². The van der Waals surface area contributed by atoms with Crippen LogP contribution >= 0.6 is 0 Å². The normalized spacial score (nSPS) is 15.5. The zero-order valence-electron chi connectivity index (χ0n) is 18.7. The standard InChI is InChI=1S/C24H28N4O4/c1-16-21(17(2)32-26-16)15-28-14-11-25-23(28)20-9-12-27(13-10-20)24(30)22(31-18(3)29)19-7-5-4-6-8-19/h4-8,11,14,20,22H,9-10,12-13,15H2,1-3H3. The molecule has 32 heavy (non-hydrogen) atoms. The smallest absolute Gasteiger partial charge is 0.303 e. The fraction of sp³-hybridized carbons (Fsp3) is 0.417. The quantitative estimate of drug-likeness (QED) is 0.549. The molecule has 3 aromatic rings. The Morgan fingerprint density at radius 1 is 1.19 bits per heavy atom. The Morgan fingerprint density at radius 2 is 1.91 bits per heavy atom. The van der Waals surface area contributed by atoms with Crippen molar-refractivity contribution in [2.75, 3.05) is 13.1 Å². The number of likely N-dealkylation sites (tertiary alicyclic amines) is 1. The van der Waals surface area contributed by atoms with E-state index in [0.717, 1.165) is 35.7 Å². The Kier molecular flexibility index (Phi) is 6.39. The Morgan fingerprint density at radius 3 is 2.53 bits per heavy atom. The van der Waals surface area contributed by atoms with Crippen molar-refractivity contribution in [1.29, 1.82) is 0 Å². The largest absolute Gasteiger partial charge is 0.447 e. The molecule has 0 saturated carbocycles. The van der Waals surface area contributed by atoms with E-state index in [1.54, 1.807) is 4.90 Å². The van der Waals surface area contributed by atoms with Crippen LogP contribution in [0.15, 0.2) is 47.2 Å². The van der Waals surface area contributed by atoms with Crippen molar-refractivity contribution in [2.45, 2.75) is 52.2 Å². The summed E-state index contributed by atoms with van der Waals surface area (Å²) in [5, 5.41) is 4.04. The fourth-order valence-corrected chi connectivity index (χ4v) is 4.29. The lowest BCUT2D eigenvalue weighted by Crippen LogP contribution is -2.42. The van der Waals surface area contributed by atoms with Gasteiger partial charge >= 0.3 is 5.97 Å². The molecule has 1 aliphatic heterocycles. The first-order valence-corrected chi connectivity index (χ1v) is 10.9. The number of carbonyl (C=O) groups is 2. The van der Waals surface area contributed by atoms with Crippen LogP contribution in [0.2, 0.25) is 0 Å². The molecule has 0 bridgehead atoms. The highest BCUT2D eigenvalue weighted by Gasteiger charge is 2.32. The van der Waals surface area contributed by atoms with E-state index >= 15 is 0 Å². The van der Waals surface area contributed by atoms with Gasteiger partial charge in [0.15, 0.2) is 0 Å². The number of piperidine rings is 1. The molecule has 0 aliphatic carbocycles. The first kappa shape index (κ1) is 21.8. The van der Waals surface area contributed by atoms with Crippen LogP contribution in [0.25, 0.3) is 0 Å². The number of aromatic nitrogens is 3. The van der Waals surface area contributed by atoms with Crippen LogP contribution in [0.3, 0.4) is 0 Å². The molecule has 1 amide bonds. The summed E-state index contributed by atoms with van der Waals surface area (Å²) in [4.78, 5) is 31.2. The molecule has 8 nitrogen and oxygen atoms in total. The SMILES string of the molecule is CC(=O)OC(C(=O)N1CCC(c2nccn2Cc2c(C)noc2C)CC1)c1ccccc1. The van der Waals surface area contributed by atoms with Crippen LogP contribution in [-0.4, -0.2) is 44.6 Å². The number of amides is 1. The minimum atomic E-state index is -0.910. The van der Waals surface area contributed by atoms with E-state index < -0.39 is 12.1 Å². The Hall–Kier alpha value is -3.42. The lowest BCUT2D eigenvalue weighted by molar-refractivity contribution is -0.159. The molecule has 0 radical (unpaired) electrons. The van der Waals surface area contributed by atoms with E-state index in [0.29, 0.717) is 25.2 Å². The van der Waals surface area contributed by atoms with E-state index in [2.05, 4.69) is 14.7 Å². The first-order valence-electron chi connectivity index (χ1n) is 10.9. The van der Waals surface area contributed by atoms with Gasteiger partial charge in [0, 0.05) is 49.5 Å². The second kappa shape index (κ2) is 9.38. The monoisotopic (exact) mass is 436 g/mol. The highest BCUT2D eigenvalue weighted by atomic mass is 16.5. The van der Waals surface area contributed by atoms with Gasteiger partial charge in [0.2, 0.25) is 6.10 Å². The highest BCUT2D eigenvalue weighted by molar-refractivity contribution is 5.84. The van der Waals surface area contributed by atoms with Gasteiger partial charge in [-0.2, -0.15) is 0 Å². The maximum Gasteiger partial charge on any atom is 0.303 e. The summed E-state index contributed by atoms with van der Waals surface area (Å²) in [7, 11) is 0. The van der Waals surface area contributed by atoms with Gasteiger partial charge in [-0.1, -0.05) is 35.5 Å². The molecule has 1 fully saturated rings. The molecule has 3 heterocycles. The summed E-state index contributed by atoms with van der Waals surface area (Å²) in [6.45, 7) is 7.03. The summed E-state index contributed by atoms with van der Waals surface area (Å²) in [5.74, 6) is 1.43. The number of hydrogen-bond donors (Lipinski definition) is 0. The zero-order valence-corrected chi connectivity index (χ0v) is 18.7. The molecule has 8 heteroatoms. The average molecular weight is 437 g/mol. The third-order valence-electron chi connectivity index (χ3n) is 6.04. The maximum absolute atomic E-state index is 13.2. The zero-order chi connectivity index (χ0) is 22.7. The Bertz CT molecular complexity index is 1060. The van der Waals surface area contributed by atoms with E-state index in [1.165, 1.54) is 6.92 Å². The fourth-order valence-electron chi connectivity index (χ4n) is 4.29. The number of imidazole rings is 1. The number of hydrogen-bond acceptors (Lipinski definition) is 6. The van der Waals surface area contributed by atoms with Crippen molar-refractivity contribution < 1.29 is 18.8 Å². The van der Waals surface area contributed by atoms with Crippen LogP contribution < -0.4 is 0 Å². The van der Waals surface area contributed by atoms with Gasteiger partial charge < -0.3 is 18.7 Å². The van der Waals surface area contributed by atoms with Gasteiger partial charge in [-0.15, -0.1) is 0 Å². The van der Waals surface area contributed by atoms with Gasteiger partial charge in [-0.25, -0.2) is 4.98 Å². The lowest BCUT2D eigenvalue weighted by atomic mass is 9.95. The van der Waals surface area contributed by atoms with Gasteiger partial charge in [0.05, 0.1) is 12.2 Å². The predicted octanol–water partition coefficient (Wildman–Crippen LogP) is 3.55. The van der Waals surface area contributed by atoms with Gasteiger partial charge in [0.25, 0.3) is 5.91 Å². The number of aryl methyl sites for hydroxylation is 2. The Balaban J connectivity index is 1.44. The number of esters is 1. The molecule has 1 saturated heterocycles. The molecule has 2 aromatic heterocycles. The van der Waals surface area contributed by atoms with Gasteiger partial charge in [0.1, 0.15) is 11.6 Å². The van der Waals surface area contributed by atoms with Crippen molar-refractivity contribution >= 4 is 11.9 Å². The molecule has 1 atom stereocenters. The first-order chi connectivity index (χ1) is 15.4. The third kappa shape index (κ3) is 4.59. The second-order valence-corrected chi connectivity index (χ2v) is 8.22. The van der Waals surface area contributed by atoms with Crippen LogP contribution in [0, 0.1) is 13.8 Å². The van der Waals surface area contributed by atoms with E-state index in [-0.39, 0.29) is 11.8 Å². The molecular formula is C24H28N4O4. The molecule has 168 valence electrons. The molecule has 1 unspecified atom stereocenters. The van der Waals surface area contributed by atoms with Crippen molar-refractivity contribution in [1.82, 2.24) is 19.6 Å². The summed E-state index contributed by atoms with van der Waals surface area (Å²) < 4.78 is 12.8. The third-order valence-corrected chi connectivity index (χ3v) is 6.04. The van der Waals surface area contributed by atoms with Crippen LogP contribution in [-0.2, 0) is 20.9 Å². The summed E-state index contributed by atoms with van der Waals surface area (Å²) in [6.07, 6.45) is 4.48. The Labute approximate surface area is 187 Å². The van der Waals surface area contributed by atoms with Crippen LogP contribution in [0.4, 0.5) is 0 Å². The second-order valence-electron chi connectivity index (χ2n) is 8.22. The minimum absolute atomic E-state index is 0.177. The molecule has 0 spiro atoms. The van der Waals surface area contributed by atoms with E-state index in [1.807, 2.05) is 56.6 Å². The lowest BCUT2D eigenvalue weighted by Gasteiger charge is -2.34. The number of rotatable bonds is 6. The maximum atomic E-state index is 13.2. The molecular weight excluding hydrogens is 408 g/mol. The minimum Gasteiger partial charge on any atom is -0.447 e. The summed E-state index contributed by atoms with van der Waals surface area (Å²) in [5.41, 5.74) is 2.65. The molecule has 0 N–H and O–H groups in total. The molecule has 1 aromatic carbocycles. The highest BCUT2D eigenvalue weighted by Crippen LogP contribution is 2.30. The number of carbonyl (C=O) groups excluding carboxylic acids is 2. The van der Waals surface area contributed by atoms with Crippen molar-refractivity contribution in [3.63, 3.8) is 0 Å². The number of benzene rings is 1. The van der Waals surface area contributed by atoms with Crippen LogP contribution in [0.5, 0.6) is 0 Å². The number of ether oxygens (including phenoxy) is 1.